The molecule has 0 aliphatic heterocycles. The molecule has 5 nitrogen and oxygen atoms in total. The van der Waals surface area contributed by atoms with Crippen LogP contribution in [0, 0.1) is 6.92 Å². The van der Waals surface area contributed by atoms with Gasteiger partial charge < -0.3 is 11.1 Å². The first-order chi connectivity index (χ1) is 8.72. The highest BCUT2D eigenvalue weighted by molar-refractivity contribution is 7.18. The van der Waals surface area contributed by atoms with E-state index >= 15 is 0 Å². The largest absolute Gasteiger partial charge is 0.368 e. The van der Waals surface area contributed by atoms with Gasteiger partial charge in [-0.15, -0.1) is 22.7 Å². The first kappa shape index (κ1) is 11.4. The minimum absolute atomic E-state index is 0.296. The first-order valence-corrected chi connectivity index (χ1v) is 7.13. The van der Waals surface area contributed by atoms with Gasteiger partial charge in [0.05, 0.1) is 23.1 Å². The highest BCUT2D eigenvalue weighted by atomic mass is 32.1. The van der Waals surface area contributed by atoms with Crippen LogP contribution in [0.1, 0.15) is 10.6 Å². The number of hydrogen-bond acceptors (Lipinski definition) is 7. The van der Waals surface area contributed by atoms with Crippen LogP contribution >= 0.6 is 22.7 Å². The van der Waals surface area contributed by atoms with Gasteiger partial charge in [0.25, 0.3) is 0 Å². The maximum Gasteiger partial charge on any atom is 0.223 e. The Balaban J connectivity index is 1.95. The number of thiophene rings is 1. The van der Waals surface area contributed by atoms with Crippen LogP contribution in [0.4, 0.5) is 11.8 Å². The Bertz CT molecular complexity index is 674. The van der Waals surface area contributed by atoms with Crippen molar-refractivity contribution in [2.24, 2.45) is 0 Å². The van der Waals surface area contributed by atoms with Crippen molar-refractivity contribution in [2.45, 2.75) is 13.5 Å². The molecule has 3 heterocycles. The molecule has 0 aromatic carbocycles. The summed E-state index contributed by atoms with van der Waals surface area (Å²) in [5.74, 6) is 1.07. The number of nitrogen functional groups attached to an aromatic ring is 1. The summed E-state index contributed by atoms with van der Waals surface area (Å²) in [4.78, 5) is 14.8. The van der Waals surface area contributed by atoms with Gasteiger partial charge in [0.15, 0.2) is 0 Å². The number of aryl methyl sites for hydroxylation is 1. The van der Waals surface area contributed by atoms with E-state index in [0.29, 0.717) is 12.5 Å². The fourth-order valence-electron chi connectivity index (χ4n) is 1.69. The second-order valence-electron chi connectivity index (χ2n) is 3.84. The fraction of sp³-hybridized carbons (Fsp3) is 0.182. The molecule has 0 bridgehead atoms. The number of fused-ring (bicyclic) bond motifs is 1. The average Bonchev–Trinajstić information content (AvgIpc) is 2.93. The predicted octanol–water partition coefficient (Wildman–Crippen LogP) is 2.65. The topological polar surface area (TPSA) is 76.7 Å². The van der Waals surface area contributed by atoms with Crippen molar-refractivity contribution >= 4 is 44.7 Å². The van der Waals surface area contributed by atoms with Crippen LogP contribution in [0.2, 0.25) is 0 Å². The summed E-state index contributed by atoms with van der Waals surface area (Å²) in [6.45, 7) is 2.69. The van der Waals surface area contributed by atoms with Gasteiger partial charge in [-0.25, -0.2) is 9.97 Å². The lowest BCUT2D eigenvalue weighted by atomic mass is 10.3. The average molecular weight is 277 g/mol. The minimum Gasteiger partial charge on any atom is -0.368 e. The molecule has 0 atom stereocenters. The molecule has 3 N–H and O–H groups in total. The van der Waals surface area contributed by atoms with E-state index in [-0.39, 0.29) is 0 Å². The molecule has 3 aromatic heterocycles. The third-order valence-corrected chi connectivity index (χ3v) is 4.03. The third kappa shape index (κ3) is 2.14. The Morgan fingerprint density at radius 2 is 2.28 bits per heavy atom. The second kappa shape index (κ2) is 4.51. The molecule has 0 radical (unpaired) electrons. The Hall–Kier alpha value is -1.73. The SMILES string of the molecule is Cc1cc2c(NCc3cscn3)nc(N)nc2s1. The highest BCUT2D eigenvalue weighted by Crippen LogP contribution is 2.29. The van der Waals surface area contributed by atoms with Gasteiger partial charge in [-0.05, 0) is 13.0 Å². The van der Waals surface area contributed by atoms with Crippen LogP contribution in [0.3, 0.4) is 0 Å². The summed E-state index contributed by atoms with van der Waals surface area (Å²) in [5, 5.41) is 6.29. The monoisotopic (exact) mass is 277 g/mol. The van der Waals surface area contributed by atoms with Crippen LogP contribution in [0.15, 0.2) is 17.0 Å². The lowest BCUT2D eigenvalue weighted by Gasteiger charge is -2.05. The molecule has 18 heavy (non-hydrogen) atoms. The number of rotatable bonds is 3. The van der Waals surface area contributed by atoms with Gasteiger partial charge in [0.1, 0.15) is 10.6 Å². The van der Waals surface area contributed by atoms with Crippen LogP contribution < -0.4 is 11.1 Å². The zero-order valence-electron chi connectivity index (χ0n) is 9.67. The van der Waals surface area contributed by atoms with Crippen molar-refractivity contribution in [3.63, 3.8) is 0 Å². The molecule has 0 aliphatic rings. The van der Waals surface area contributed by atoms with E-state index < -0.39 is 0 Å². The van der Waals surface area contributed by atoms with E-state index in [1.165, 1.54) is 4.88 Å². The zero-order chi connectivity index (χ0) is 12.5. The smallest absolute Gasteiger partial charge is 0.223 e. The third-order valence-electron chi connectivity index (χ3n) is 2.45. The molecular weight excluding hydrogens is 266 g/mol. The molecule has 0 saturated carbocycles. The fourth-order valence-corrected chi connectivity index (χ4v) is 3.14. The second-order valence-corrected chi connectivity index (χ2v) is 5.79. The molecule has 0 spiro atoms. The summed E-state index contributed by atoms with van der Waals surface area (Å²) in [6.07, 6.45) is 0. The zero-order valence-corrected chi connectivity index (χ0v) is 11.3. The number of nitrogens with one attached hydrogen (secondary N) is 1. The lowest BCUT2D eigenvalue weighted by Crippen LogP contribution is -2.04. The molecule has 0 unspecified atom stereocenters. The van der Waals surface area contributed by atoms with E-state index in [9.17, 15) is 0 Å². The molecule has 0 saturated heterocycles. The number of aromatic nitrogens is 3. The normalized spacial score (nSPS) is 10.9. The minimum atomic E-state index is 0.296. The highest BCUT2D eigenvalue weighted by Gasteiger charge is 2.09. The molecule has 0 aliphatic carbocycles. The maximum atomic E-state index is 5.71. The Morgan fingerprint density at radius 3 is 3.06 bits per heavy atom. The van der Waals surface area contributed by atoms with E-state index in [1.807, 2.05) is 17.8 Å². The van der Waals surface area contributed by atoms with E-state index in [0.717, 1.165) is 21.7 Å². The molecule has 3 aromatic rings. The number of thiazole rings is 1. The Morgan fingerprint density at radius 1 is 1.39 bits per heavy atom. The van der Waals surface area contributed by atoms with Crippen LogP contribution in [-0.2, 0) is 6.54 Å². The standard InChI is InChI=1S/C11H11N5S2/c1-6-2-8-9(13-3-7-4-17-5-14-7)15-11(12)16-10(8)18-6/h2,4-5H,3H2,1H3,(H3,12,13,15,16). The van der Waals surface area contributed by atoms with Gasteiger partial charge in [-0.3, -0.25) is 0 Å². The number of hydrogen-bond donors (Lipinski definition) is 2. The van der Waals surface area contributed by atoms with Crippen molar-refractivity contribution in [3.05, 3.63) is 27.5 Å². The summed E-state index contributed by atoms with van der Waals surface area (Å²) < 4.78 is 0. The van der Waals surface area contributed by atoms with Gasteiger partial charge in [-0.1, -0.05) is 0 Å². The summed E-state index contributed by atoms with van der Waals surface area (Å²) >= 11 is 3.20. The van der Waals surface area contributed by atoms with E-state index in [2.05, 4.69) is 26.3 Å². The number of nitrogens with zero attached hydrogens (tertiary/aromatic N) is 3. The molecular formula is C11H11N5S2. The lowest BCUT2D eigenvalue weighted by molar-refractivity contribution is 1.05. The van der Waals surface area contributed by atoms with E-state index in [4.69, 9.17) is 5.73 Å². The van der Waals surface area contributed by atoms with Crippen LogP contribution in [0.5, 0.6) is 0 Å². The molecule has 92 valence electrons. The van der Waals surface area contributed by atoms with Crippen molar-refractivity contribution in [1.29, 1.82) is 0 Å². The maximum absolute atomic E-state index is 5.71. The van der Waals surface area contributed by atoms with Gasteiger partial charge in [0, 0.05) is 10.3 Å². The van der Waals surface area contributed by atoms with Gasteiger partial charge in [-0.2, -0.15) is 4.98 Å². The molecule has 0 fully saturated rings. The van der Waals surface area contributed by atoms with Gasteiger partial charge >= 0.3 is 0 Å². The first-order valence-electron chi connectivity index (χ1n) is 5.37. The molecule has 7 heteroatoms. The van der Waals surface area contributed by atoms with Crippen molar-refractivity contribution < 1.29 is 0 Å². The van der Waals surface area contributed by atoms with Crippen molar-refractivity contribution in [3.8, 4) is 0 Å². The summed E-state index contributed by atoms with van der Waals surface area (Å²) in [6, 6.07) is 2.07. The van der Waals surface area contributed by atoms with E-state index in [1.54, 1.807) is 22.7 Å². The van der Waals surface area contributed by atoms with Crippen LogP contribution in [0.25, 0.3) is 10.2 Å². The quantitative estimate of drug-likeness (QED) is 0.769. The molecule has 3 rings (SSSR count). The molecule has 0 amide bonds. The summed E-state index contributed by atoms with van der Waals surface area (Å²) in [7, 11) is 0. The van der Waals surface area contributed by atoms with Crippen LogP contribution in [-0.4, -0.2) is 15.0 Å². The number of nitrogens with two attached hydrogens (primary N) is 1. The summed E-state index contributed by atoms with van der Waals surface area (Å²) in [5.41, 5.74) is 8.53. The van der Waals surface area contributed by atoms with Gasteiger partial charge in [0.2, 0.25) is 5.95 Å². The Labute approximate surface area is 112 Å². The Kier molecular flexibility index (Phi) is 2.85. The van der Waals surface area contributed by atoms with Crippen molar-refractivity contribution in [2.75, 3.05) is 11.1 Å². The van der Waals surface area contributed by atoms with Crippen molar-refractivity contribution in [1.82, 2.24) is 15.0 Å². The predicted molar refractivity (Wildman–Crippen MR) is 76.0 cm³/mol. The number of anilines is 2.